The summed E-state index contributed by atoms with van der Waals surface area (Å²) in [6.45, 7) is 1.71. The van der Waals surface area contributed by atoms with Gasteiger partial charge in [0.05, 0.1) is 16.8 Å². The number of aromatic carboxylic acids is 1. The van der Waals surface area contributed by atoms with E-state index in [1.807, 2.05) is 12.1 Å². The van der Waals surface area contributed by atoms with Gasteiger partial charge in [-0.1, -0.05) is 30.3 Å². The quantitative estimate of drug-likeness (QED) is 0.715. The molecular weight excluding hydrogens is 324 g/mol. The number of nitrogens with zero attached hydrogens (tertiary/aromatic N) is 2. The van der Waals surface area contributed by atoms with Gasteiger partial charge < -0.3 is 10.2 Å². The number of hydrogen-bond donors (Lipinski definition) is 2. The van der Waals surface area contributed by atoms with Crippen molar-refractivity contribution in [1.29, 1.82) is 0 Å². The summed E-state index contributed by atoms with van der Waals surface area (Å²) in [6, 6.07) is 14.7. The fourth-order valence-corrected chi connectivity index (χ4v) is 2.78. The lowest BCUT2D eigenvalue weighted by atomic mass is 10.1. The van der Waals surface area contributed by atoms with Crippen molar-refractivity contribution >= 4 is 34.4 Å². The van der Waals surface area contributed by atoms with Crippen molar-refractivity contribution in [3.05, 3.63) is 65.9 Å². The minimum Gasteiger partial charge on any atom is -0.478 e. The molecule has 0 atom stereocenters. The van der Waals surface area contributed by atoms with Crippen molar-refractivity contribution in [2.24, 2.45) is 0 Å². The highest BCUT2D eigenvalue weighted by Crippen LogP contribution is 2.27. The number of benzene rings is 2. The molecule has 126 valence electrons. The Hall–Kier alpha value is -3.61. The number of amides is 1. The summed E-state index contributed by atoms with van der Waals surface area (Å²) >= 11 is 0. The fourth-order valence-electron chi connectivity index (χ4n) is 2.78. The summed E-state index contributed by atoms with van der Waals surface area (Å²) in [5.74, 6) is -4.19. The first-order valence-electron chi connectivity index (χ1n) is 7.39. The number of carbonyl (C=O) groups is 3. The smallest absolute Gasteiger partial charge is 0.396 e. The SMILES string of the molecule is Cc1cc2ccccc2n1N(C(=O)C(=O)O)c1ccccc1C(=O)O. The number of aromatic nitrogens is 1. The molecule has 1 heterocycles. The highest BCUT2D eigenvalue weighted by molar-refractivity contribution is 6.37. The monoisotopic (exact) mass is 338 g/mol. The maximum atomic E-state index is 12.4. The fraction of sp³-hybridized carbons (Fsp3) is 0.0556. The highest BCUT2D eigenvalue weighted by Gasteiger charge is 2.29. The Balaban J connectivity index is 2.34. The van der Waals surface area contributed by atoms with E-state index in [9.17, 15) is 24.6 Å². The third kappa shape index (κ3) is 2.72. The molecule has 25 heavy (non-hydrogen) atoms. The summed E-state index contributed by atoms with van der Waals surface area (Å²) in [4.78, 5) is 35.4. The lowest BCUT2D eigenvalue weighted by Gasteiger charge is -2.26. The van der Waals surface area contributed by atoms with Gasteiger partial charge in [0, 0.05) is 11.1 Å². The molecular formula is C18H14N2O5. The van der Waals surface area contributed by atoms with Gasteiger partial charge in [0.15, 0.2) is 0 Å². The molecule has 0 saturated carbocycles. The number of carboxylic acids is 2. The first-order chi connectivity index (χ1) is 11.9. The van der Waals surface area contributed by atoms with Crippen molar-refractivity contribution < 1.29 is 24.6 Å². The molecule has 2 N–H and O–H groups in total. The Labute approximate surface area is 142 Å². The molecule has 7 heteroatoms. The largest absolute Gasteiger partial charge is 0.478 e. The van der Waals surface area contributed by atoms with E-state index in [4.69, 9.17) is 0 Å². The van der Waals surface area contributed by atoms with Crippen LogP contribution in [0.25, 0.3) is 10.9 Å². The van der Waals surface area contributed by atoms with E-state index in [1.54, 1.807) is 31.2 Å². The molecule has 3 aromatic rings. The zero-order valence-electron chi connectivity index (χ0n) is 13.2. The molecule has 0 fully saturated rings. The Bertz CT molecular complexity index is 1010. The number of hydrogen-bond acceptors (Lipinski definition) is 3. The number of carbonyl (C=O) groups excluding carboxylic acids is 1. The van der Waals surface area contributed by atoms with Gasteiger partial charge in [0.25, 0.3) is 0 Å². The summed E-state index contributed by atoms with van der Waals surface area (Å²) in [5, 5.41) is 20.4. The number of para-hydroxylation sites is 2. The van der Waals surface area contributed by atoms with Crippen molar-refractivity contribution in [2.45, 2.75) is 6.92 Å². The van der Waals surface area contributed by atoms with Crippen LogP contribution in [0.5, 0.6) is 0 Å². The van der Waals surface area contributed by atoms with Gasteiger partial charge in [0.2, 0.25) is 0 Å². The van der Waals surface area contributed by atoms with Crippen LogP contribution in [0, 0.1) is 6.92 Å². The number of anilines is 1. The molecule has 1 aromatic heterocycles. The van der Waals surface area contributed by atoms with Crippen LogP contribution < -0.4 is 5.01 Å². The predicted molar refractivity (Wildman–Crippen MR) is 90.6 cm³/mol. The van der Waals surface area contributed by atoms with Crippen LogP contribution in [-0.4, -0.2) is 32.7 Å². The minimum absolute atomic E-state index is 0.0214. The second kappa shape index (κ2) is 6.12. The summed E-state index contributed by atoms with van der Waals surface area (Å²) in [5.41, 5.74) is 0.993. The molecule has 2 aromatic carbocycles. The Morgan fingerprint density at radius 1 is 0.960 bits per heavy atom. The van der Waals surface area contributed by atoms with Crippen LogP contribution in [0.2, 0.25) is 0 Å². The van der Waals surface area contributed by atoms with Gasteiger partial charge >= 0.3 is 17.8 Å². The molecule has 0 bridgehead atoms. The summed E-state index contributed by atoms with van der Waals surface area (Å²) in [7, 11) is 0. The van der Waals surface area contributed by atoms with Gasteiger partial charge in [0.1, 0.15) is 0 Å². The van der Waals surface area contributed by atoms with Crippen LogP contribution in [-0.2, 0) is 9.59 Å². The van der Waals surface area contributed by atoms with E-state index in [-0.39, 0.29) is 11.3 Å². The number of rotatable bonds is 3. The normalized spacial score (nSPS) is 10.6. The topological polar surface area (TPSA) is 99.8 Å². The third-order valence-electron chi connectivity index (χ3n) is 3.80. The van der Waals surface area contributed by atoms with E-state index in [1.165, 1.54) is 22.9 Å². The molecule has 0 unspecified atom stereocenters. The van der Waals surface area contributed by atoms with Crippen molar-refractivity contribution in [1.82, 2.24) is 4.68 Å². The second-order valence-corrected chi connectivity index (χ2v) is 5.40. The first kappa shape index (κ1) is 16.3. The highest BCUT2D eigenvalue weighted by atomic mass is 16.4. The van der Waals surface area contributed by atoms with Crippen LogP contribution in [0.3, 0.4) is 0 Å². The molecule has 0 spiro atoms. The molecule has 0 radical (unpaired) electrons. The molecule has 0 aliphatic rings. The van der Waals surface area contributed by atoms with Crippen LogP contribution in [0.15, 0.2) is 54.6 Å². The van der Waals surface area contributed by atoms with Crippen LogP contribution >= 0.6 is 0 Å². The van der Waals surface area contributed by atoms with E-state index >= 15 is 0 Å². The van der Waals surface area contributed by atoms with Crippen LogP contribution in [0.1, 0.15) is 16.1 Å². The van der Waals surface area contributed by atoms with E-state index in [0.717, 1.165) is 10.4 Å². The van der Waals surface area contributed by atoms with Gasteiger partial charge in [-0.15, -0.1) is 0 Å². The van der Waals surface area contributed by atoms with Gasteiger partial charge in [-0.3, -0.25) is 4.79 Å². The molecule has 7 nitrogen and oxygen atoms in total. The van der Waals surface area contributed by atoms with Gasteiger partial charge in [-0.2, -0.15) is 0 Å². The van der Waals surface area contributed by atoms with Crippen molar-refractivity contribution in [2.75, 3.05) is 5.01 Å². The van der Waals surface area contributed by atoms with E-state index in [0.29, 0.717) is 11.2 Å². The molecule has 0 aliphatic carbocycles. The lowest BCUT2D eigenvalue weighted by molar-refractivity contribution is -0.149. The molecule has 0 aliphatic heterocycles. The summed E-state index contributed by atoms with van der Waals surface area (Å²) < 4.78 is 1.41. The minimum atomic E-state index is -1.68. The number of aryl methyl sites for hydroxylation is 1. The predicted octanol–water partition coefficient (Wildman–Crippen LogP) is 2.53. The number of fused-ring (bicyclic) bond motifs is 1. The average Bonchev–Trinajstić information content (AvgIpc) is 2.91. The number of aliphatic carboxylic acids is 1. The Kier molecular flexibility index (Phi) is 3.98. The van der Waals surface area contributed by atoms with E-state index in [2.05, 4.69) is 0 Å². The third-order valence-corrected chi connectivity index (χ3v) is 3.80. The average molecular weight is 338 g/mol. The van der Waals surface area contributed by atoms with Crippen molar-refractivity contribution in [3.8, 4) is 0 Å². The second-order valence-electron chi connectivity index (χ2n) is 5.40. The molecule has 3 rings (SSSR count). The molecule has 1 amide bonds. The first-order valence-corrected chi connectivity index (χ1v) is 7.39. The van der Waals surface area contributed by atoms with E-state index < -0.39 is 17.8 Å². The van der Waals surface area contributed by atoms with Crippen molar-refractivity contribution in [3.63, 3.8) is 0 Å². The van der Waals surface area contributed by atoms with Crippen LogP contribution in [0.4, 0.5) is 5.69 Å². The van der Waals surface area contributed by atoms with Gasteiger partial charge in [-0.05, 0) is 31.2 Å². The maximum absolute atomic E-state index is 12.4. The zero-order valence-corrected chi connectivity index (χ0v) is 13.2. The standard InChI is InChI=1S/C18H14N2O5/c1-11-10-12-6-2-4-8-14(12)19(11)20(16(21)18(24)25)15-9-5-3-7-13(15)17(22)23/h2-10H,1H3,(H,22,23)(H,24,25). The molecule has 0 saturated heterocycles. The maximum Gasteiger partial charge on any atom is 0.396 e. The number of carboxylic acid groups (broad SMARTS) is 2. The lowest BCUT2D eigenvalue weighted by Crippen LogP contribution is -2.41. The summed E-state index contributed by atoms with van der Waals surface area (Å²) in [6.07, 6.45) is 0. The Morgan fingerprint density at radius 2 is 1.60 bits per heavy atom. The Morgan fingerprint density at radius 3 is 2.28 bits per heavy atom. The van der Waals surface area contributed by atoms with Gasteiger partial charge in [-0.25, -0.2) is 19.3 Å². The zero-order chi connectivity index (χ0) is 18.1.